The molecule has 0 saturated heterocycles. The molecule has 0 radical (unpaired) electrons. The highest BCUT2D eigenvalue weighted by atomic mass is 35.5. The summed E-state index contributed by atoms with van der Waals surface area (Å²) in [6.45, 7) is 0. The van der Waals surface area contributed by atoms with Gasteiger partial charge in [-0.1, -0.05) is 17.7 Å². The summed E-state index contributed by atoms with van der Waals surface area (Å²) in [5.41, 5.74) is 0.804. The molecule has 5 nitrogen and oxygen atoms in total. The zero-order valence-electron chi connectivity index (χ0n) is 13.5. The molecule has 1 aromatic heterocycles. The first-order chi connectivity index (χ1) is 12.5. The highest BCUT2D eigenvalue weighted by Crippen LogP contribution is 2.32. The molecular formula is C18H13ClFN3O2S. The van der Waals surface area contributed by atoms with E-state index in [1.54, 1.807) is 11.8 Å². The Balaban J connectivity index is 2.05. The van der Waals surface area contributed by atoms with Crippen LogP contribution < -0.4 is 5.32 Å². The third-order valence-corrected chi connectivity index (χ3v) is 4.64. The fourth-order valence-corrected chi connectivity index (χ4v) is 3.01. The van der Waals surface area contributed by atoms with E-state index in [-0.39, 0.29) is 27.7 Å². The van der Waals surface area contributed by atoms with Gasteiger partial charge in [0, 0.05) is 10.6 Å². The van der Waals surface area contributed by atoms with Crippen LogP contribution >= 0.6 is 23.4 Å². The Bertz CT molecular complexity index is 947. The van der Waals surface area contributed by atoms with Crippen LogP contribution in [0.1, 0.15) is 10.5 Å². The Morgan fingerprint density at radius 1 is 1.19 bits per heavy atom. The maximum Gasteiger partial charge on any atom is 0.358 e. The van der Waals surface area contributed by atoms with Gasteiger partial charge in [0.1, 0.15) is 5.82 Å². The molecule has 0 spiro atoms. The van der Waals surface area contributed by atoms with Gasteiger partial charge in [-0.2, -0.15) is 0 Å². The molecule has 0 atom stereocenters. The van der Waals surface area contributed by atoms with Crippen molar-refractivity contribution in [2.24, 2.45) is 0 Å². The summed E-state index contributed by atoms with van der Waals surface area (Å²) in [5, 5.41) is 20.1. The van der Waals surface area contributed by atoms with Crippen LogP contribution in [0.4, 0.5) is 15.8 Å². The molecule has 26 heavy (non-hydrogen) atoms. The summed E-state index contributed by atoms with van der Waals surface area (Å²) in [6.07, 6.45) is 1.96. The number of nitrogens with one attached hydrogen (secondary N) is 1. The van der Waals surface area contributed by atoms with Crippen LogP contribution in [0.3, 0.4) is 0 Å². The standard InChI is InChI=1S/C18H13ClFN3O2S/c1-26-11-7-5-10(6-8-11)21-15-9-14(22-23-17(15)18(24)25)16-12(19)3-2-4-13(16)20/h2-9H,1H3,(H,21,22)(H,24,25). The Morgan fingerprint density at radius 3 is 2.54 bits per heavy atom. The summed E-state index contributed by atoms with van der Waals surface area (Å²) in [4.78, 5) is 12.5. The lowest BCUT2D eigenvalue weighted by Crippen LogP contribution is -2.08. The molecule has 0 aliphatic rings. The maximum atomic E-state index is 14.1. The van der Waals surface area contributed by atoms with Gasteiger partial charge < -0.3 is 10.4 Å². The van der Waals surface area contributed by atoms with E-state index < -0.39 is 11.8 Å². The van der Waals surface area contributed by atoms with Crippen molar-refractivity contribution < 1.29 is 14.3 Å². The number of aromatic carboxylic acids is 1. The van der Waals surface area contributed by atoms with Gasteiger partial charge in [-0.05, 0) is 48.7 Å². The molecule has 132 valence electrons. The summed E-state index contributed by atoms with van der Waals surface area (Å²) in [6, 6.07) is 13.1. The first kappa shape index (κ1) is 18.2. The molecule has 2 aromatic carbocycles. The van der Waals surface area contributed by atoms with Crippen LogP contribution in [0.25, 0.3) is 11.3 Å². The molecule has 0 amide bonds. The van der Waals surface area contributed by atoms with E-state index in [0.717, 1.165) is 4.90 Å². The van der Waals surface area contributed by atoms with Gasteiger partial charge in [0.15, 0.2) is 5.69 Å². The SMILES string of the molecule is CSc1ccc(Nc2cc(-c3c(F)cccc3Cl)nnc2C(=O)O)cc1. The Hall–Kier alpha value is -2.64. The lowest BCUT2D eigenvalue weighted by Gasteiger charge is -2.11. The fraction of sp³-hybridized carbons (Fsp3) is 0.0556. The van der Waals surface area contributed by atoms with Gasteiger partial charge in [-0.3, -0.25) is 0 Å². The highest BCUT2D eigenvalue weighted by Gasteiger charge is 2.18. The van der Waals surface area contributed by atoms with Crippen molar-refractivity contribution in [3.8, 4) is 11.3 Å². The number of carboxylic acid groups (broad SMARTS) is 1. The van der Waals surface area contributed by atoms with E-state index in [1.165, 1.54) is 24.3 Å². The lowest BCUT2D eigenvalue weighted by molar-refractivity contribution is 0.0690. The van der Waals surface area contributed by atoms with E-state index in [4.69, 9.17) is 11.6 Å². The molecule has 3 aromatic rings. The lowest BCUT2D eigenvalue weighted by atomic mass is 10.1. The predicted octanol–water partition coefficient (Wildman–Crippen LogP) is 5.10. The second-order valence-electron chi connectivity index (χ2n) is 5.25. The number of hydrogen-bond donors (Lipinski definition) is 2. The maximum absolute atomic E-state index is 14.1. The largest absolute Gasteiger partial charge is 0.476 e. The minimum Gasteiger partial charge on any atom is -0.476 e. The number of rotatable bonds is 5. The summed E-state index contributed by atoms with van der Waals surface area (Å²) >= 11 is 7.66. The van der Waals surface area contributed by atoms with Crippen molar-refractivity contribution in [3.63, 3.8) is 0 Å². The van der Waals surface area contributed by atoms with Gasteiger partial charge in [-0.15, -0.1) is 22.0 Å². The molecule has 8 heteroatoms. The van der Waals surface area contributed by atoms with Crippen molar-refractivity contribution in [1.82, 2.24) is 10.2 Å². The third-order valence-electron chi connectivity index (χ3n) is 3.58. The average molecular weight is 390 g/mol. The number of carbonyl (C=O) groups is 1. The highest BCUT2D eigenvalue weighted by molar-refractivity contribution is 7.98. The number of halogens is 2. The third kappa shape index (κ3) is 3.79. The van der Waals surface area contributed by atoms with Gasteiger partial charge in [-0.25, -0.2) is 9.18 Å². The van der Waals surface area contributed by atoms with Crippen LogP contribution in [0.15, 0.2) is 53.4 Å². The van der Waals surface area contributed by atoms with E-state index in [2.05, 4.69) is 15.5 Å². The van der Waals surface area contributed by atoms with Crippen LogP contribution in [0.5, 0.6) is 0 Å². The first-order valence-electron chi connectivity index (χ1n) is 7.46. The second kappa shape index (κ2) is 7.72. The first-order valence-corrected chi connectivity index (χ1v) is 9.06. The van der Waals surface area contributed by atoms with Crippen LogP contribution in [0, 0.1) is 5.82 Å². The molecule has 3 rings (SSSR count). The van der Waals surface area contributed by atoms with E-state index in [1.807, 2.05) is 30.5 Å². The van der Waals surface area contributed by atoms with E-state index in [9.17, 15) is 14.3 Å². The van der Waals surface area contributed by atoms with E-state index >= 15 is 0 Å². The number of aromatic nitrogens is 2. The number of hydrogen-bond acceptors (Lipinski definition) is 5. The van der Waals surface area contributed by atoms with Crippen molar-refractivity contribution in [3.05, 3.63) is 65.1 Å². The number of nitrogens with zero attached hydrogens (tertiary/aromatic N) is 2. The van der Waals surface area contributed by atoms with Gasteiger partial charge in [0.25, 0.3) is 0 Å². The zero-order valence-corrected chi connectivity index (χ0v) is 15.1. The molecule has 0 unspecified atom stereocenters. The van der Waals surface area contributed by atoms with Crippen LogP contribution in [-0.2, 0) is 0 Å². The number of anilines is 2. The molecule has 0 aliphatic heterocycles. The van der Waals surface area contributed by atoms with E-state index in [0.29, 0.717) is 5.69 Å². The number of thioether (sulfide) groups is 1. The molecule has 0 aliphatic carbocycles. The molecule has 0 bridgehead atoms. The summed E-state index contributed by atoms with van der Waals surface area (Å²) < 4.78 is 14.1. The van der Waals surface area contributed by atoms with Crippen molar-refractivity contribution in [1.29, 1.82) is 0 Å². The van der Waals surface area contributed by atoms with Crippen LogP contribution in [0.2, 0.25) is 5.02 Å². The monoisotopic (exact) mass is 389 g/mol. The quantitative estimate of drug-likeness (QED) is 0.591. The number of carboxylic acids is 1. The molecular weight excluding hydrogens is 377 g/mol. The predicted molar refractivity (Wildman–Crippen MR) is 101 cm³/mol. The summed E-state index contributed by atoms with van der Waals surface area (Å²) in [7, 11) is 0. The van der Waals surface area contributed by atoms with Gasteiger partial charge in [0.2, 0.25) is 0 Å². The molecule has 0 fully saturated rings. The van der Waals surface area contributed by atoms with Crippen molar-refractivity contribution in [2.45, 2.75) is 4.90 Å². The smallest absolute Gasteiger partial charge is 0.358 e. The van der Waals surface area contributed by atoms with Gasteiger partial charge in [0.05, 0.1) is 22.0 Å². The van der Waals surface area contributed by atoms with Crippen molar-refractivity contribution in [2.75, 3.05) is 11.6 Å². The Kier molecular flexibility index (Phi) is 5.39. The number of benzene rings is 2. The Labute approximate surface area is 158 Å². The molecule has 2 N–H and O–H groups in total. The average Bonchev–Trinajstić information content (AvgIpc) is 2.62. The van der Waals surface area contributed by atoms with Gasteiger partial charge >= 0.3 is 5.97 Å². The topological polar surface area (TPSA) is 75.1 Å². The summed E-state index contributed by atoms with van der Waals surface area (Å²) in [5.74, 6) is -1.81. The molecule has 1 heterocycles. The minimum atomic E-state index is -1.24. The Morgan fingerprint density at radius 2 is 1.92 bits per heavy atom. The fourth-order valence-electron chi connectivity index (χ4n) is 2.34. The van der Waals surface area contributed by atoms with Crippen molar-refractivity contribution >= 4 is 40.7 Å². The normalized spacial score (nSPS) is 10.6. The molecule has 0 saturated carbocycles. The second-order valence-corrected chi connectivity index (χ2v) is 6.53. The zero-order chi connectivity index (χ0) is 18.7. The minimum absolute atomic E-state index is 0.0689. The van der Waals surface area contributed by atoms with Crippen LogP contribution in [-0.4, -0.2) is 27.5 Å².